The van der Waals surface area contributed by atoms with Gasteiger partial charge in [-0.2, -0.15) is 9.97 Å². The number of aliphatic carboxylic acids is 1. The van der Waals surface area contributed by atoms with E-state index in [0.29, 0.717) is 30.0 Å². The molecule has 0 unspecified atom stereocenters. The van der Waals surface area contributed by atoms with Gasteiger partial charge in [0.15, 0.2) is 11.6 Å². The standard InChI is InChI=1S/C23H40N4O4.C19H32N4O4/c1-23(2,3)30-21(29)14-18(13-9-12-17-10-7-6-8-11-17)22-25-19(26-31-22)15-24-20(28)16-27(4)5;1-23(2)13-17(24)20-12-16-21-19(27-22-16)15(11-18(25)26)10-6-9-14-7-4-3-5-8-14/h17-18H,6-16H2,1-5H3,(H,24,28);14-15H,3-13H2,1-2H3,(H,20,24)(H,25,26)/t18-;15-/m11/s1. The predicted octanol–water partition coefficient (Wildman–Crippen LogP) is 6.37. The summed E-state index contributed by atoms with van der Waals surface area (Å²) in [4.78, 5) is 59.5. The van der Waals surface area contributed by atoms with E-state index in [2.05, 4.69) is 30.9 Å². The maximum atomic E-state index is 12.5. The van der Waals surface area contributed by atoms with Crippen molar-refractivity contribution >= 4 is 23.8 Å². The van der Waals surface area contributed by atoms with E-state index >= 15 is 0 Å². The van der Waals surface area contributed by atoms with Crippen molar-refractivity contribution in [2.75, 3.05) is 41.3 Å². The molecule has 2 atom stereocenters. The van der Waals surface area contributed by atoms with E-state index in [0.717, 1.165) is 43.9 Å². The van der Waals surface area contributed by atoms with Crippen molar-refractivity contribution in [2.24, 2.45) is 11.8 Å². The molecule has 0 bridgehead atoms. The van der Waals surface area contributed by atoms with Crippen LogP contribution >= 0.6 is 0 Å². The number of nitrogens with zero attached hydrogens (tertiary/aromatic N) is 6. The number of carboxylic acid groups (broad SMARTS) is 1. The van der Waals surface area contributed by atoms with Gasteiger partial charge in [0.1, 0.15) is 5.60 Å². The molecular formula is C42H72N8O8. The molecular weight excluding hydrogens is 745 g/mol. The van der Waals surface area contributed by atoms with Gasteiger partial charge in [0.25, 0.3) is 0 Å². The normalized spacial score (nSPS) is 16.4. The topological polar surface area (TPSA) is 206 Å². The molecule has 2 aromatic rings. The Morgan fingerprint density at radius 2 is 1.12 bits per heavy atom. The van der Waals surface area contributed by atoms with Crippen molar-refractivity contribution in [3.8, 4) is 0 Å². The van der Waals surface area contributed by atoms with Crippen LogP contribution in [0.15, 0.2) is 9.05 Å². The van der Waals surface area contributed by atoms with E-state index in [1.54, 1.807) is 9.80 Å². The Morgan fingerprint density at radius 3 is 1.50 bits per heavy atom. The number of hydrogen-bond donors (Lipinski definition) is 3. The number of likely N-dealkylation sites (N-methyl/N-ethyl adjacent to an activating group) is 2. The first-order valence-corrected chi connectivity index (χ1v) is 21.5. The fraction of sp³-hybridized carbons (Fsp3) is 0.810. The van der Waals surface area contributed by atoms with Gasteiger partial charge >= 0.3 is 11.9 Å². The van der Waals surface area contributed by atoms with Crippen LogP contribution in [0.3, 0.4) is 0 Å². The van der Waals surface area contributed by atoms with Gasteiger partial charge in [0.2, 0.25) is 23.6 Å². The van der Waals surface area contributed by atoms with E-state index in [4.69, 9.17) is 13.8 Å². The minimum atomic E-state index is -0.864. The smallest absolute Gasteiger partial charge is 0.307 e. The van der Waals surface area contributed by atoms with Crippen LogP contribution in [-0.4, -0.2) is 106 Å². The Balaban J connectivity index is 0.000000313. The summed E-state index contributed by atoms with van der Waals surface area (Å²) < 4.78 is 16.3. The van der Waals surface area contributed by atoms with Crippen LogP contribution in [0.4, 0.5) is 0 Å². The molecule has 0 aromatic carbocycles. The summed E-state index contributed by atoms with van der Waals surface area (Å²) in [5.41, 5.74) is -0.527. The summed E-state index contributed by atoms with van der Waals surface area (Å²) in [7, 11) is 7.30. The van der Waals surface area contributed by atoms with Gasteiger partial charge in [-0.25, -0.2) is 0 Å². The van der Waals surface area contributed by atoms with Crippen molar-refractivity contribution in [1.29, 1.82) is 0 Å². The predicted molar refractivity (Wildman–Crippen MR) is 218 cm³/mol. The van der Waals surface area contributed by atoms with Crippen molar-refractivity contribution in [2.45, 2.75) is 167 Å². The lowest BCUT2D eigenvalue weighted by molar-refractivity contribution is -0.155. The molecule has 0 saturated heterocycles. The summed E-state index contributed by atoms with van der Waals surface area (Å²) >= 11 is 0. The number of ether oxygens (including phenoxy) is 1. The maximum absolute atomic E-state index is 12.5. The third kappa shape index (κ3) is 20.7. The Bertz CT molecular complexity index is 1510. The number of aromatic nitrogens is 4. The summed E-state index contributed by atoms with van der Waals surface area (Å²) in [6, 6.07) is 0. The summed E-state index contributed by atoms with van der Waals surface area (Å²) in [5.74, 6) is 1.38. The largest absolute Gasteiger partial charge is 0.481 e. The van der Waals surface area contributed by atoms with Crippen molar-refractivity contribution in [3.05, 3.63) is 23.4 Å². The fourth-order valence-corrected chi connectivity index (χ4v) is 7.73. The quantitative estimate of drug-likeness (QED) is 0.111. The summed E-state index contributed by atoms with van der Waals surface area (Å²) in [6.45, 7) is 6.56. The van der Waals surface area contributed by atoms with Crippen LogP contribution < -0.4 is 10.6 Å². The van der Waals surface area contributed by atoms with Crippen LogP contribution in [0.1, 0.15) is 172 Å². The van der Waals surface area contributed by atoms with Crippen LogP contribution in [0.25, 0.3) is 0 Å². The second kappa shape index (κ2) is 25.5. The molecule has 16 heteroatoms. The van der Waals surface area contributed by atoms with E-state index in [1.807, 2.05) is 49.0 Å². The molecule has 2 amide bonds. The van der Waals surface area contributed by atoms with Crippen LogP contribution in [0, 0.1) is 11.8 Å². The van der Waals surface area contributed by atoms with Crippen molar-refractivity contribution in [1.82, 2.24) is 40.7 Å². The average molecular weight is 817 g/mol. The molecule has 2 aromatic heterocycles. The third-order valence-corrected chi connectivity index (χ3v) is 10.5. The van der Waals surface area contributed by atoms with Gasteiger partial charge in [-0.05, 0) is 73.6 Å². The second-order valence-electron chi connectivity index (χ2n) is 17.8. The van der Waals surface area contributed by atoms with Crippen LogP contribution in [0.5, 0.6) is 0 Å². The zero-order chi connectivity index (χ0) is 42.5. The lowest BCUT2D eigenvalue weighted by atomic mass is 9.84. The SMILES string of the molecule is CN(C)CC(=O)NCc1noc([C@H](CCCC2CCCCC2)CC(=O)O)n1.CN(C)CC(=O)NCc1noc([C@H](CCCC2CCCCC2)CC(=O)OC(C)(C)C)n1. The first-order valence-electron chi connectivity index (χ1n) is 21.5. The Labute approximate surface area is 345 Å². The van der Waals surface area contributed by atoms with Gasteiger partial charge in [-0.3, -0.25) is 19.2 Å². The van der Waals surface area contributed by atoms with Crippen LogP contribution in [0.2, 0.25) is 0 Å². The Kier molecular flexibility index (Phi) is 21.3. The maximum Gasteiger partial charge on any atom is 0.307 e. The van der Waals surface area contributed by atoms with E-state index in [-0.39, 0.29) is 62.1 Å². The number of nitrogens with one attached hydrogen (secondary N) is 2. The van der Waals surface area contributed by atoms with Crippen molar-refractivity contribution in [3.63, 3.8) is 0 Å². The number of carboxylic acids is 1. The first kappa shape index (κ1) is 48.4. The van der Waals surface area contributed by atoms with E-state index < -0.39 is 11.6 Å². The lowest BCUT2D eigenvalue weighted by Crippen LogP contribution is -2.33. The molecule has 2 aliphatic rings. The molecule has 0 spiro atoms. The Morgan fingerprint density at radius 1 is 0.707 bits per heavy atom. The molecule has 328 valence electrons. The molecule has 3 N–H and O–H groups in total. The van der Waals surface area contributed by atoms with Gasteiger partial charge in [0, 0.05) is 11.8 Å². The molecule has 16 nitrogen and oxygen atoms in total. The number of hydrogen-bond acceptors (Lipinski definition) is 13. The summed E-state index contributed by atoms with van der Waals surface area (Å²) in [5, 5.41) is 22.6. The molecule has 2 saturated carbocycles. The minimum Gasteiger partial charge on any atom is -0.481 e. The second-order valence-corrected chi connectivity index (χ2v) is 17.8. The fourth-order valence-electron chi connectivity index (χ4n) is 7.73. The highest BCUT2D eigenvalue weighted by molar-refractivity contribution is 5.78. The molecule has 2 fully saturated rings. The van der Waals surface area contributed by atoms with Gasteiger partial charge in [0.05, 0.1) is 39.0 Å². The third-order valence-electron chi connectivity index (χ3n) is 10.5. The van der Waals surface area contributed by atoms with Crippen LogP contribution in [-0.2, 0) is 37.0 Å². The highest BCUT2D eigenvalue weighted by Crippen LogP contribution is 2.33. The molecule has 4 rings (SSSR count). The first-order chi connectivity index (χ1) is 27.6. The van der Waals surface area contributed by atoms with Gasteiger partial charge < -0.3 is 39.3 Å². The average Bonchev–Trinajstić information content (AvgIpc) is 3.83. The zero-order valence-electron chi connectivity index (χ0n) is 36.4. The van der Waals surface area contributed by atoms with E-state index in [1.165, 1.54) is 70.6 Å². The molecule has 0 aliphatic heterocycles. The number of carbonyl (C=O) groups is 4. The number of esters is 1. The van der Waals surface area contributed by atoms with Crippen molar-refractivity contribution < 1.29 is 38.1 Å². The molecule has 2 heterocycles. The number of amides is 2. The monoisotopic (exact) mass is 817 g/mol. The Hall–Kier alpha value is -3.92. The molecule has 58 heavy (non-hydrogen) atoms. The number of carbonyl (C=O) groups excluding carboxylic acids is 3. The number of rotatable bonds is 22. The molecule has 0 radical (unpaired) electrons. The minimum absolute atomic E-state index is 0.0146. The van der Waals surface area contributed by atoms with Gasteiger partial charge in [-0.15, -0.1) is 0 Å². The zero-order valence-corrected chi connectivity index (χ0v) is 36.4. The molecule has 2 aliphatic carbocycles. The highest BCUT2D eigenvalue weighted by atomic mass is 16.6. The highest BCUT2D eigenvalue weighted by Gasteiger charge is 2.27. The summed E-state index contributed by atoms with van der Waals surface area (Å²) in [6.07, 6.45) is 19.3. The van der Waals surface area contributed by atoms with Gasteiger partial charge in [-0.1, -0.05) is 100 Å². The van der Waals surface area contributed by atoms with E-state index in [9.17, 15) is 24.3 Å². The lowest BCUT2D eigenvalue weighted by Gasteiger charge is -2.23.